The molecule has 4 rings (SSSR count). The van der Waals surface area contributed by atoms with Crippen LogP contribution in [0.25, 0.3) is 0 Å². The molecule has 0 radical (unpaired) electrons. The van der Waals surface area contributed by atoms with Gasteiger partial charge in [0, 0.05) is 38.3 Å². The Morgan fingerprint density at radius 1 is 1.00 bits per heavy atom. The van der Waals surface area contributed by atoms with Gasteiger partial charge >= 0.3 is 18.1 Å². The van der Waals surface area contributed by atoms with Crippen LogP contribution in [0.15, 0.2) is 30.3 Å². The van der Waals surface area contributed by atoms with Gasteiger partial charge in [-0.05, 0) is 70.0 Å². The lowest BCUT2D eigenvalue weighted by molar-refractivity contribution is -0.192. The number of carbonyl (C=O) groups is 3. The molecule has 2 saturated heterocycles. The van der Waals surface area contributed by atoms with Crippen LogP contribution in [-0.4, -0.2) is 84.4 Å². The molecule has 38 heavy (non-hydrogen) atoms. The highest BCUT2D eigenvalue weighted by Gasteiger charge is 2.50. The second kappa shape index (κ2) is 11.6. The van der Waals surface area contributed by atoms with Gasteiger partial charge in [-0.3, -0.25) is 14.5 Å². The maximum absolute atomic E-state index is 12.9. The van der Waals surface area contributed by atoms with Gasteiger partial charge in [-0.15, -0.1) is 0 Å². The van der Waals surface area contributed by atoms with Crippen molar-refractivity contribution in [3.05, 3.63) is 35.9 Å². The predicted molar refractivity (Wildman–Crippen MR) is 132 cm³/mol. The zero-order valence-corrected chi connectivity index (χ0v) is 21.9. The Bertz CT molecular complexity index is 984. The number of carbonyl (C=O) groups excluding carboxylic acids is 1. The second-order valence-electron chi connectivity index (χ2n) is 11.0. The number of rotatable bonds is 6. The van der Waals surface area contributed by atoms with Crippen LogP contribution in [0.5, 0.6) is 0 Å². The average molecular weight is 543 g/mol. The molecule has 1 aromatic rings. The third kappa shape index (κ3) is 6.48. The summed E-state index contributed by atoms with van der Waals surface area (Å²) in [4.78, 5) is 38.1. The van der Waals surface area contributed by atoms with Gasteiger partial charge in [0.15, 0.2) is 0 Å². The number of hydrogen-bond acceptors (Lipinski definition) is 5. The molecule has 1 aromatic carbocycles. The number of carboxylic acids is 2. The van der Waals surface area contributed by atoms with E-state index in [9.17, 15) is 27.9 Å². The van der Waals surface area contributed by atoms with E-state index in [0.717, 1.165) is 32.2 Å². The minimum Gasteiger partial charge on any atom is -0.481 e. The number of nitrogens with zero attached hydrogens (tertiary/aromatic N) is 2. The lowest BCUT2D eigenvalue weighted by Crippen LogP contribution is -2.47. The smallest absolute Gasteiger partial charge is 0.481 e. The van der Waals surface area contributed by atoms with Crippen molar-refractivity contribution >= 4 is 17.8 Å². The molecule has 1 amide bonds. The fraction of sp³-hybridized carbons (Fsp3) is 0.667. The molecule has 8 nitrogen and oxygen atoms in total. The van der Waals surface area contributed by atoms with Crippen LogP contribution in [0.4, 0.5) is 13.2 Å². The van der Waals surface area contributed by atoms with E-state index >= 15 is 0 Å². The average Bonchev–Trinajstić information content (AvgIpc) is 3.18. The molecule has 0 unspecified atom stereocenters. The first-order chi connectivity index (χ1) is 17.8. The quantitative estimate of drug-likeness (QED) is 0.556. The first kappa shape index (κ1) is 29.9. The number of aliphatic carboxylic acids is 2. The maximum Gasteiger partial charge on any atom is 0.490 e. The van der Waals surface area contributed by atoms with E-state index in [1.807, 2.05) is 4.90 Å². The van der Waals surface area contributed by atoms with Gasteiger partial charge in [-0.25, -0.2) is 4.79 Å². The summed E-state index contributed by atoms with van der Waals surface area (Å²) in [7, 11) is 4.33. The lowest BCUT2D eigenvalue weighted by Gasteiger charge is -2.49. The number of hydrogen-bond donors (Lipinski definition) is 2. The topological polar surface area (TPSA) is 107 Å². The summed E-state index contributed by atoms with van der Waals surface area (Å²) < 4.78 is 37.1. The number of likely N-dealkylation sites (tertiary alicyclic amines) is 1. The van der Waals surface area contributed by atoms with Crippen LogP contribution in [-0.2, 0) is 24.7 Å². The van der Waals surface area contributed by atoms with Crippen molar-refractivity contribution < 1.29 is 42.5 Å². The third-order valence-corrected chi connectivity index (χ3v) is 8.72. The van der Waals surface area contributed by atoms with Gasteiger partial charge in [-0.2, -0.15) is 13.2 Å². The molecular weight excluding hydrogens is 505 g/mol. The van der Waals surface area contributed by atoms with E-state index in [-0.39, 0.29) is 16.9 Å². The number of alkyl halides is 3. The van der Waals surface area contributed by atoms with E-state index < -0.39 is 23.5 Å². The lowest BCUT2D eigenvalue weighted by atomic mass is 9.64. The van der Waals surface area contributed by atoms with Crippen molar-refractivity contribution in [3.8, 4) is 0 Å². The number of ether oxygens (including phenoxy) is 1. The Morgan fingerprint density at radius 3 is 2.03 bits per heavy atom. The highest BCUT2D eigenvalue weighted by molar-refractivity contribution is 5.80. The van der Waals surface area contributed by atoms with E-state index in [2.05, 4.69) is 49.3 Å². The molecule has 11 heteroatoms. The molecular formula is C27H37F3N2O6. The SMILES string of the molecule is CN(C)[C@]1(c2ccccc2)CC[C@@]2(CC1)CC(=O)N(CCC1(C(=O)O)CCOCC1)C2.O=C(O)C(F)(F)F. The second-order valence-corrected chi connectivity index (χ2v) is 11.0. The molecule has 1 saturated carbocycles. The van der Waals surface area contributed by atoms with Gasteiger partial charge in [0.25, 0.3) is 0 Å². The maximum atomic E-state index is 12.9. The number of amides is 1. The molecule has 212 valence electrons. The van der Waals surface area contributed by atoms with Crippen LogP contribution in [0.1, 0.15) is 56.9 Å². The summed E-state index contributed by atoms with van der Waals surface area (Å²) in [5.41, 5.74) is 0.684. The number of halogens is 3. The van der Waals surface area contributed by atoms with Gasteiger partial charge in [0.05, 0.1) is 5.41 Å². The largest absolute Gasteiger partial charge is 0.490 e. The third-order valence-electron chi connectivity index (χ3n) is 8.72. The molecule has 3 aliphatic rings. The first-order valence-electron chi connectivity index (χ1n) is 12.9. The Balaban J connectivity index is 0.000000505. The molecule has 2 N–H and O–H groups in total. The predicted octanol–water partition coefficient (Wildman–Crippen LogP) is 4.14. The Kier molecular flexibility index (Phi) is 9.13. The van der Waals surface area contributed by atoms with Crippen molar-refractivity contribution in [1.29, 1.82) is 0 Å². The highest BCUT2D eigenvalue weighted by Crippen LogP contribution is 2.52. The van der Waals surface area contributed by atoms with Crippen LogP contribution in [0.2, 0.25) is 0 Å². The zero-order valence-electron chi connectivity index (χ0n) is 21.9. The van der Waals surface area contributed by atoms with Crippen LogP contribution < -0.4 is 0 Å². The van der Waals surface area contributed by atoms with Crippen molar-refractivity contribution in [2.75, 3.05) is 40.4 Å². The molecule has 0 aromatic heterocycles. The fourth-order valence-electron chi connectivity index (χ4n) is 6.14. The molecule has 2 heterocycles. The Hall–Kier alpha value is -2.66. The summed E-state index contributed by atoms with van der Waals surface area (Å²) in [5, 5.41) is 16.9. The minimum absolute atomic E-state index is 0.0262. The van der Waals surface area contributed by atoms with E-state index in [1.165, 1.54) is 5.56 Å². The molecule has 3 fully saturated rings. The summed E-state index contributed by atoms with van der Waals surface area (Å²) in [6.45, 7) is 2.31. The van der Waals surface area contributed by atoms with Gasteiger partial charge in [0.2, 0.25) is 5.91 Å². The zero-order chi connectivity index (χ0) is 28.2. The molecule has 0 bridgehead atoms. The van der Waals surface area contributed by atoms with Crippen molar-refractivity contribution in [2.24, 2.45) is 10.8 Å². The standard InChI is InChI=1S/C25H36N2O4.C2HF3O2/c1-26(2)25(20-6-4-3-5-7-20)10-8-23(9-11-25)18-21(28)27(19-23)15-12-24(22(29)30)13-16-31-17-14-24;3-2(4,5)1(6)7/h3-7H,8-19H2,1-2H3,(H,29,30);(H,6,7)/t23-,25-;. The number of benzene rings is 1. The molecule has 0 atom stereocenters. The summed E-state index contributed by atoms with van der Waals surface area (Å²) in [6, 6.07) is 10.7. The van der Waals surface area contributed by atoms with E-state index in [4.69, 9.17) is 14.6 Å². The fourth-order valence-corrected chi connectivity index (χ4v) is 6.14. The van der Waals surface area contributed by atoms with E-state index in [1.54, 1.807) is 0 Å². The van der Waals surface area contributed by atoms with Crippen molar-refractivity contribution in [3.63, 3.8) is 0 Å². The summed E-state index contributed by atoms with van der Waals surface area (Å²) >= 11 is 0. The minimum atomic E-state index is -5.08. The van der Waals surface area contributed by atoms with Crippen LogP contribution >= 0.6 is 0 Å². The van der Waals surface area contributed by atoms with Crippen LogP contribution in [0, 0.1) is 10.8 Å². The van der Waals surface area contributed by atoms with Crippen molar-refractivity contribution in [2.45, 2.75) is 63.1 Å². The Morgan fingerprint density at radius 2 is 1.55 bits per heavy atom. The van der Waals surface area contributed by atoms with Gasteiger partial charge in [-0.1, -0.05) is 30.3 Å². The monoisotopic (exact) mass is 542 g/mol. The Labute approximate surface area is 220 Å². The first-order valence-corrected chi connectivity index (χ1v) is 12.9. The normalized spacial score (nSPS) is 27.2. The van der Waals surface area contributed by atoms with Crippen molar-refractivity contribution in [1.82, 2.24) is 9.80 Å². The molecule has 1 aliphatic carbocycles. The van der Waals surface area contributed by atoms with Gasteiger partial charge in [0.1, 0.15) is 0 Å². The molecule has 1 spiro atoms. The summed E-state index contributed by atoms with van der Waals surface area (Å²) in [5.74, 6) is -3.30. The van der Waals surface area contributed by atoms with Crippen LogP contribution in [0.3, 0.4) is 0 Å². The highest BCUT2D eigenvalue weighted by atomic mass is 19.4. The molecule has 2 aliphatic heterocycles. The number of carboxylic acid groups (broad SMARTS) is 2. The summed E-state index contributed by atoms with van der Waals surface area (Å²) in [6.07, 6.45) is 1.27. The van der Waals surface area contributed by atoms with E-state index in [0.29, 0.717) is 45.4 Å². The van der Waals surface area contributed by atoms with Gasteiger partial charge < -0.3 is 19.8 Å².